The Balaban J connectivity index is 1.52. The van der Waals surface area contributed by atoms with Crippen LogP contribution in [0.25, 0.3) is 11.3 Å². The second-order valence-corrected chi connectivity index (χ2v) is 7.63. The summed E-state index contributed by atoms with van der Waals surface area (Å²) in [5.74, 6) is 0.225. The number of rotatable bonds is 9. The Hall–Kier alpha value is -3.04. The minimum absolute atomic E-state index is 0.0186. The lowest BCUT2D eigenvalue weighted by Gasteiger charge is -2.09. The van der Waals surface area contributed by atoms with E-state index in [1.807, 2.05) is 31.2 Å². The summed E-state index contributed by atoms with van der Waals surface area (Å²) in [6.45, 7) is 2.49. The largest absolute Gasteiger partial charge is 0.494 e. The third-order valence-electron chi connectivity index (χ3n) is 3.87. The molecule has 0 bridgehead atoms. The van der Waals surface area contributed by atoms with Crippen LogP contribution < -0.4 is 14.2 Å². The molecule has 0 unspecified atom stereocenters. The van der Waals surface area contributed by atoms with E-state index in [0.717, 1.165) is 17.4 Å². The van der Waals surface area contributed by atoms with Crippen molar-refractivity contribution in [1.29, 1.82) is 0 Å². The molecule has 0 radical (unpaired) electrons. The summed E-state index contributed by atoms with van der Waals surface area (Å²) in [6, 6.07) is 16.0. The Morgan fingerprint density at radius 1 is 0.966 bits per heavy atom. The highest BCUT2D eigenvalue weighted by molar-refractivity contribution is 7.89. The van der Waals surface area contributed by atoms with Crippen LogP contribution in [0.4, 0.5) is 4.39 Å². The molecule has 1 N–H and O–H groups in total. The molecule has 0 aliphatic heterocycles. The minimum Gasteiger partial charge on any atom is -0.494 e. The SMILES string of the molecule is CCOc1ccc(-c2ccc(OCCNS(=O)(=O)c3ccccc3F)nn2)cc1. The summed E-state index contributed by atoms with van der Waals surface area (Å²) in [4.78, 5) is -0.403. The van der Waals surface area contributed by atoms with Gasteiger partial charge in [0.2, 0.25) is 15.9 Å². The van der Waals surface area contributed by atoms with Gasteiger partial charge in [-0.25, -0.2) is 17.5 Å². The van der Waals surface area contributed by atoms with Crippen molar-refractivity contribution in [1.82, 2.24) is 14.9 Å². The van der Waals surface area contributed by atoms with Gasteiger partial charge >= 0.3 is 0 Å². The molecule has 9 heteroatoms. The average Bonchev–Trinajstić information content (AvgIpc) is 2.73. The van der Waals surface area contributed by atoms with E-state index in [1.165, 1.54) is 18.2 Å². The number of hydrogen-bond acceptors (Lipinski definition) is 6. The molecule has 0 saturated carbocycles. The lowest BCUT2D eigenvalue weighted by molar-refractivity contribution is 0.307. The number of ether oxygens (including phenoxy) is 2. The van der Waals surface area contributed by atoms with E-state index in [9.17, 15) is 12.8 Å². The standard InChI is InChI=1S/C20H20FN3O4S/c1-2-27-16-9-7-15(8-10-16)18-11-12-20(24-23-18)28-14-13-22-29(25,26)19-6-4-3-5-17(19)21/h3-12,22H,2,13-14H2,1H3. The maximum atomic E-state index is 13.6. The zero-order valence-corrected chi connectivity index (χ0v) is 16.5. The molecule has 0 aliphatic rings. The zero-order valence-electron chi connectivity index (χ0n) is 15.7. The Morgan fingerprint density at radius 3 is 2.38 bits per heavy atom. The molecule has 3 rings (SSSR count). The summed E-state index contributed by atoms with van der Waals surface area (Å²) in [5.41, 5.74) is 1.55. The van der Waals surface area contributed by atoms with Crippen molar-refractivity contribution >= 4 is 10.0 Å². The van der Waals surface area contributed by atoms with Gasteiger partial charge in [-0.1, -0.05) is 12.1 Å². The third-order valence-corrected chi connectivity index (χ3v) is 5.37. The monoisotopic (exact) mass is 417 g/mol. The lowest BCUT2D eigenvalue weighted by atomic mass is 10.1. The van der Waals surface area contributed by atoms with Gasteiger partial charge in [-0.05, 0) is 49.4 Å². The Bertz CT molecular complexity index is 1040. The van der Waals surface area contributed by atoms with Crippen LogP contribution in [-0.4, -0.2) is 38.4 Å². The number of nitrogens with zero attached hydrogens (tertiary/aromatic N) is 2. The predicted molar refractivity (Wildman–Crippen MR) is 106 cm³/mol. The van der Waals surface area contributed by atoms with Gasteiger partial charge in [0.05, 0.1) is 12.3 Å². The first-order valence-corrected chi connectivity index (χ1v) is 10.4. The van der Waals surface area contributed by atoms with Crippen LogP contribution in [0.5, 0.6) is 11.6 Å². The van der Waals surface area contributed by atoms with E-state index >= 15 is 0 Å². The summed E-state index contributed by atoms with van der Waals surface area (Å²) in [6.07, 6.45) is 0. The van der Waals surface area contributed by atoms with Crippen LogP contribution in [-0.2, 0) is 10.0 Å². The van der Waals surface area contributed by atoms with Gasteiger partial charge in [0.25, 0.3) is 0 Å². The van der Waals surface area contributed by atoms with Gasteiger partial charge in [-0.2, -0.15) is 0 Å². The van der Waals surface area contributed by atoms with Gasteiger partial charge in [0, 0.05) is 18.2 Å². The van der Waals surface area contributed by atoms with E-state index in [4.69, 9.17) is 9.47 Å². The fraction of sp³-hybridized carbons (Fsp3) is 0.200. The van der Waals surface area contributed by atoms with Crippen molar-refractivity contribution in [2.45, 2.75) is 11.8 Å². The summed E-state index contributed by atoms with van der Waals surface area (Å²) >= 11 is 0. The topological polar surface area (TPSA) is 90.4 Å². The first-order valence-electron chi connectivity index (χ1n) is 8.93. The molecule has 0 aliphatic carbocycles. The molecule has 0 amide bonds. The second kappa shape index (κ2) is 9.44. The first kappa shape index (κ1) is 20.7. The molecule has 0 spiro atoms. The molecule has 0 fully saturated rings. The van der Waals surface area contributed by atoms with Crippen LogP contribution in [0.3, 0.4) is 0 Å². The van der Waals surface area contributed by atoms with Crippen molar-refractivity contribution in [2.24, 2.45) is 0 Å². The molecule has 152 valence electrons. The molecule has 1 aromatic heterocycles. The van der Waals surface area contributed by atoms with Crippen LogP contribution in [0.2, 0.25) is 0 Å². The predicted octanol–water partition coefficient (Wildman–Crippen LogP) is 3.04. The normalized spacial score (nSPS) is 11.2. The molecule has 0 saturated heterocycles. The molecule has 1 heterocycles. The van der Waals surface area contributed by atoms with Crippen molar-refractivity contribution in [2.75, 3.05) is 19.8 Å². The fourth-order valence-corrected chi connectivity index (χ4v) is 3.60. The van der Waals surface area contributed by atoms with Crippen LogP contribution in [0.15, 0.2) is 65.6 Å². The third kappa shape index (κ3) is 5.49. The Morgan fingerprint density at radius 2 is 1.72 bits per heavy atom. The summed E-state index contributed by atoms with van der Waals surface area (Å²) in [7, 11) is -3.95. The maximum absolute atomic E-state index is 13.6. The first-order chi connectivity index (χ1) is 14.0. The van der Waals surface area contributed by atoms with Gasteiger partial charge < -0.3 is 9.47 Å². The number of sulfonamides is 1. The van der Waals surface area contributed by atoms with E-state index < -0.39 is 20.7 Å². The van der Waals surface area contributed by atoms with E-state index in [2.05, 4.69) is 14.9 Å². The Kier molecular flexibility index (Phi) is 6.73. The van der Waals surface area contributed by atoms with Crippen LogP contribution in [0.1, 0.15) is 6.92 Å². The molecule has 7 nitrogen and oxygen atoms in total. The summed E-state index contributed by atoms with van der Waals surface area (Å²) < 4.78 is 50.9. The van der Waals surface area contributed by atoms with Gasteiger partial charge in [-0.3, -0.25) is 0 Å². The number of halogens is 1. The van der Waals surface area contributed by atoms with Crippen LogP contribution in [0, 0.1) is 5.82 Å². The molecule has 3 aromatic rings. The second-order valence-electron chi connectivity index (χ2n) is 5.89. The number of nitrogens with one attached hydrogen (secondary N) is 1. The Labute approximate surface area is 168 Å². The highest BCUT2D eigenvalue weighted by Gasteiger charge is 2.17. The van der Waals surface area contributed by atoms with Crippen molar-refractivity contribution in [3.05, 3.63) is 66.5 Å². The minimum atomic E-state index is -3.95. The van der Waals surface area contributed by atoms with Crippen LogP contribution >= 0.6 is 0 Å². The lowest BCUT2D eigenvalue weighted by Crippen LogP contribution is -2.29. The molecule has 29 heavy (non-hydrogen) atoms. The molecule has 2 aromatic carbocycles. The average molecular weight is 417 g/mol. The highest BCUT2D eigenvalue weighted by Crippen LogP contribution is 2.21. The van der Waals surface area contributed by atoms with E-state index in [0.29, 0.717) is 12.3 Å². The summed E-state index contributed by atoms with van der Waals surface area (Å²) in [5, 5.41) is 8.09. The quantitative estimate of drug-likeness (QED) is 0.538. The number of benzene rings is 2. The number of hydrogen-bond donors (Lipinski definition) is 1. The smallest absolute Gasteiger partial charge is 0.243 e. The van der Waals surface area contributed by atoms with E-state index in [-0.39, 0.29) is 19.0 Å². The fourth-order valence-electron chi connectivity index (χ4n) is 2.51. The van der Waals surface area contributed by atoms with Gasteiger partial charge in [0.1, 0.15) is 23.1 Å². The molecular formula is C20H20FN3O4S. The van der Waals surface area contributed by atoms with Gasteiger partial charge in [-0.15, -0.1) is 10.2 Å². The number of aromatic nitrogens is 2. The van der Waals surface area contributed by atoms with Crippen molar-refractivity contribution in [3.63, 3.8) is 0 Å². The molecule has 0 atom stereocenters. The zero-order chi connectivity index (χ0) is 20.7. The highest BCUT2D eigenvalue weighted by atomic mass is 32.2. The van der Waals surface area contributed by atoms with Crippen molar-refractivity contribution < 1.29 is 22.3 Å². The molecular weight excluding hydrogens is 397 g/mol. The van der Waals surface area contributed by atoms with Crippen molar-refractivity contribution in [3.8, 4) is 22.9 Å². The van der Waals surface area contributed by atoms with Gasteiger partial charge in [0.15, 0.2) is 0 Å². The maximum Gasteiger partial charge on any atom is 0.243 e. The van der Waals surface area contributed by atoms with E-state index in [1.54, 1.807) is 12.1 Å².